The van der Waals surface area contributed by atoms with E-state index in [4.69, 9.17) is 0 Å². The van der Waals surface area contributed by atoms with E-state index in [2.05, 4.69) is 27.7 Å². The molecule has 0 aromatic rings. The molecule has 0 N–H and O–H groups in total. The molecule has 0 aromatic carbocycles. The maximum absolute atomic E-state index is 12.0. The zero-order valence-electron chi connectivity index (χ0n) is 19.3. The van der Waals surface area contributed by atoms with Crippen LogP contribution in [0.25, 0.3) is 0 Å². The van der Waals surface area contributed by atoms with Crippen molar-refractivity contribution in [2.24, 2.45) is 46.3 Å². The van der Waals surface area contributed by atoms with Crippen LogP contribution in [0.1, 0.15) is 98.3 Å². The zero-order chi connectivity index (χ0) is 20.8. The molecular weight excluding hydrogens is 356 g/mol. The van der Waals surface area contributed by atoms with E-state index in [0.29, 0.717) is 22.5 Å². The van der Waals surface area contributed by atoms with Gasteiger partial charge in [0.25, 0.3) is 0 Å². The second kappa shape index (κ2) is 8.13. The van der Waals surface area contributed by atoms with Gasteiger partial charge in [-0.1, -0.05) is 46.1 Å². The summed E-state index contributed by atoms with van der Waals surface area (Å²) in [4.78, 5) is 12.0. The highest BCUT2D eigenvalue weighted by Gasteiger charge is 2.59. The first-order valence-corrected chi connectivity index (χ1v) is 12.6. The molecule has 1 unspecified atom stereocenters. The van der Waals surface area contributed by atoms with Gasteiger partial charge in [-0.3, -0.25) is 4.79 Å². The van der Waals surface area contributed by atoms with Crippen LogP contribution >= 0.6 is 0 Å². The maximum atomic E-state index is 12.0. The highest BCUT2D eigenvalue weighted by Crippen LogP contribution is 2.67. The van der Waals surface area contributed by atoms with Crippen molar-refractivity contribution in [3.8, 4) is 0 Å². The molecule has 0 spiro atoms. The van der Waals surface area contributed by atoms with Gasteiger partial charge < -0.3 is 0 Å². The van der Waals surface area contributed by atoms with Crippen LogP contribution in [-0.2, 0) is 9.90 Å². The number of hydrogen-bond acceptors (Lipinski definition) is 1. The molecule has 4 aliphatic carbocycles. The second-order valence-electron chi connectivity index (χ2n) is 11.9. The van der Waals surface area contributed by atoms with Crippen LogP contribution in [0.2, 0.25) is 0 Å². The fourth-order valence-corrected chi connectivity index (χ4v) is 8.61. The minimum absolute atomic E-state index is 0.0848. The number of rotatable bonds is 6. The number of carbonyl (C=O) groups excluding carboxylic acids is 1. The predicted octanol–water partition coefficient (Wildman–Crippen LogP) is 7.01. The van der Waals surface area contributed by atoms with E-state index >= 15 is 0 Å². The molecule has 2 heteroatoms. The maximum Gasteiger partial charge on any atom is 0.155 e. The smallest absolute Gasteiger partial charge is 0.155 e. The molecule has 4 aliphatic rings. The third-order valence-electron chi connectivity index (χ3n) is 10.4. The first-order chi connectivity index (χ1) is 13.8. The molecule has 3 fully saturated rings. The molecule has 29 heavy (non-hydrogen) atoms. The highest BCUT2D eigenvalue weighted by atomic mass is 16.3. The third-order valence-corrected chi connectivity index (χ3v) is 10.4. The lowest BCUT2D eigenvalue weighted by molar-refractivity contribution is -0.117. The lowest BCUT2D eigenvalue weighted by Gasteiger charge is -2.58. The van der Waals surface area contributed by atoms with E-state index in [0.717, 1.165) is 48.9 Å². The van der Waals surface area contributed by atoms with Crippen LogP contribution < -0.4 is 0 Å². The Hall–Kier alpha value is -0.630. The van der Waals surface area contributed by atoms with E-state index in [1.807, 2.05) is 6.08 Å². The molecule has 2 nitrogen and oxygen atoms in total. The van der Waals surface area contributed by atoms with Crippen LogP contribution in [0.3, 0.4) is 0 Å². The molecule has 0 amide bonds. The van der Waals surface area contributed by atoms with Crippen LogP contribution in [0, 0.1) is 46.3 Å². The van der Waals surface area contributed by atoms with Crippen molar-refractivity contribution in [2.45, 2.75) is 98.3 Å². The van der Waals surface area contributed by atoms with Crippen molar-refractivity contribution >= 4 is 5.78 Å². The van der Waals surface area contributed by atoms with Gasteiger partial charge in [-0.15, -0.1) is 0 Å². The highest BCUT2D eigenvalue weighted by molar-refractivity contribution is 5.91. The summed E-state index contributed by atoms with van der Waals surface area (Å²) in [6.45, 7) is 9.83. The molecule has 0 saturated heterocycles. The Balaban J connectivity index is 1.46. The molecule has 0 bridgehead atoms. The molecule has 0 heterocycles. The van der Waals surface area contributed by atoms with Crippen molar-refractivity contribution in [3.63, 3.8) is 0 Å². The summed E-state index contributed by atoms with van der Waals surface area (Å²) in [5.74, 6) is 4.96. The van der Waals surface area contributed by atoms with Gasteiger partial charge in [-0.05, 0) is 104 Å². The Morgan fingerprint density at radius 2 is 1.79 bits per heavy atom. The summed E-state index contributed by atoms with van der Waals surface area (Å²) in [7, 11) is 0. The number of ketones is 1. The van der Waals surface area contributed by atoms with E-state index in [1.54, 1.807) is 0 Å². The third kappa shape index (κ3) is 3.66. The van der Waals surface area contributed by atoms with Crippen molar-refractivity contribution in [1.29, 1.82) is 0 Å². The average Bonchev–Trinajstić information content (AvgIpc) is 3.05. The largest absolute Gasteiger partial charge is 0.295 e. The number of fused-ring (bicyclic) bond motifs is 5. The zero-order valence-corrected chi connectivity index (χ0v) is 19.3. The quantitative estimate of drug-likeness (QED) is 0.473. The molecule has 3 saturated carbocycles. The first-order valence-electron chi connectivity index (χ1n) is 12.6. The monoisotopic (exact) mass is 399 g/mol. The van der Waals surface area contributed by atoms with Crippen molar-refractivity contribution in [3.05, 3.63) is 11.6 Å². The van der Waals surface area contributed by atoms with Crippen molar-refractivity contribution in [1.82, 2.24) is 0 Å². The van der Waals surface area contributed by atoms with Crippen LogP contribution in [-0.4, -0.2) is 12.4 Å². The van der Waals surface area contributed by atoms with Gasteiger partial charge >= 0.3 is 0 Å². The first kappa shape index (κ1) is 21.6. The molecule has 0 aliphatic heterocycles. The summed E-state index contributed by atoms with van der Waals surface area (Å²) >= 11 is 0. The van der Waals surface area contributed by atoms with Gasteiger partial charge in [-0.2, -0.15) is 0 Å². The van der Waals surface area contributed by atoms with Crippen molar-refractivity contribution in [2.75, 3.05) is 6.61 Å². The Bertz CT molecular complexity index is 651. The fraction of sp³-hybridized carbons (Fsp3) is 0.889. The van der Waals surface area contributed by atoms with Gasteiger partial charge in [0.2, 0.25) is 0 Å². The Kier molecular flexibility index (Phi) is 6.06. The summed E-state index contributed by atoms with van der Waals surface area (Å²) < 4.78 is 0. The summed E-state index contributed by atoms with van der Waals surface area (Å²) in [6, 6.07) is 0. The van der Waals surface area contributed by atoms with Gasteiger partial charge in [0.1, 0.15) is 0 Å². The summed E-state index contributed by atoms with van der Waals surface area (Å²) in [5, 5.41) is 11.1. The molecule has 1 radical (unpaired) electrons. The van der Waals surface area contributed by atoms with Crippen molar-refractivity contribution < 1.29 is 9.90 Å². The van der Waals surface area contributed by atoms with Crippen LogP contribution in [0.15, 0.2) is 11.6 Å². The number of allylic oxidation sites excluding steroid dienone is 1. The average molecular weight is 400 g/mol. The topological polar surface area (TPSA) is 37.0 Å². The SMILES string of the molecule is CC(C[O])CCC[C@@H](C)[C@H]1CC[C@H]2[C@@H]3CCC4=CC(=O)CC[C@]4(C)[C@H]3CC[C@]12C. The molecule has 163 valence electrons. The standard InChI is InChI=1S/C27H43O2/c1-18(17-28)6-5-7-19(2)23-10-11-24-22-9-8-20-16-21(29)12-14-26(20,3)25(22)13-15-27(23,24)4/h16,18-19,22-25H,5-15,17H2,1-4H3/t18?,19-,22+,23-,24+,25+,26+,27-/m1/s1. The van der Waals surface area contributed by atoms with E-state index in [-0.39, 0.29) is 6.61 Å². The Morgan fingerprint density at radius 3 is 2.55 bits per heavy atom. The van der Waals surface area contributed by atoms with E-state index < -0.39 is 0 Å². The second-order valence-corrected chi connectivity index (χ2v) is 11.9. The number of hydrogen-bond donors (Lipinski definition) is 0. The van der Waals surface area contributed by atoms with E-state index in [1.165, 1.54) is 56.9 Å². The predicted molar refractivity (Wildman–Crippen MR) is 118 cm³/mol. The lowest BCUT2D eigenvalue weighted by Crippen LogP contribution is -2.50. The summed E-state index contributed by atoms with van der Waals surface area (Å²) in [5.41, 5.74) is 2.32. The minimum Gasteiger partial charge on any atom is -0.295 e. The van der Waals surface area contributed by atoms with Gasteiger partial charge in [0.05, 0.1) is 6.61 Å². The molecule has 8 atom stereocenters. The minimum atomic E-state index is 0.0848. The molecular formula is C27H43O2. The Labute approximate surface area is 178 Å². The Morgan fingerprint density at radius 1 is 1.00 bits per heavy atom. The molecule has 4 rings (SSSR count). The normalized spacial score (nSPS) is 43.8. The summed E-state index contributed by atoms with van der Waals surface area (Å²) in [6.07, 6.45) is 15.6. The fourth-order valence-electron chi connectivity index (χ4n) is 8.61. The molecule has 0 aromatic heterocycles. The van der Waals surface area contributed by atoms with Crippen LogP contribution in [0.4, 0.5) is 0 Å². The van der Waals surface area contributed by atoms with E-state index in [9.17, 15) is 9.90 Å². The van der Waals surface area contributed by atoms with Gasteiger partial charge in [-0.25, -0.2) is 5.11 Å². The van der Waals surface area contributed by atoms with Gasteiger partial charge in [0, 0.05) is 6.42 Å². The number of carbonyl (C=O) groups is 1. The van der Waals surface area contributed by atoms with Gasteiger partial charge in [0.15, 0.2) is 5.78 Å². The lowest BCUT2D eigenvalue weighted by atomic mass is 9.46. The van der Waals surface area contributed by atoms with Crippen LogP contribution in [0.5, 0.6) is 0 Å².